The molecule has 2 aromatic carbocycles. The number of nitrogens with zero attached hydrogens (tertiary/aromatic N) is 1. The number of esters is 1. The second kappa shape index (κ2) is 7.29. The minimum Gasteiger partial charge on any atom is -0.451 e. The maximum absolute atomic E-state index is 12.7. The van der Waals surface area contributed by atoms with Gasteiger partial charge in [0.15, 0.2) is 11.9 Å². The van der Waals surface area contributed by atoms with Crippen molar-refractivity contribution in [1.82, 2.24) is 0 Å². The SMILES string of the molecule is CN(c1ccccc1)S(=O)(=O)c1ccc(C(=O)O[C@H]2CCCC2=O)cc1. The number of carbonyl (C=O) groups is 2. The predicted octanol–water partition coefficient (Wildman–Crippen LogP) is 2.79. The molecule has 0 aliphatic heterocycles. The Balaban J connectivity index is 1.76. The molecule has 1 aliphatic rings. The van der Waals surface area contributed by atoms with Gasteiger partial charge in [-0.2, -0.15) is 0 Å². The molecule has 26 heavy (non-hydrogen) atoms. The van der Waals surface area contributed by atoms with Crippen molar-refractivity contribution in [3.05, 3.63) is 60.2 Å². The Labute approximate surface area is 152 Å². The molecule has 7 heteroatoms. The number of Topliss-reactive ketones (excluding diaryl/α,β-unsaturated/α-hetero) is 1. The summed E-state index contributed by atoms with van der Waals surface area (Å²) >= 11 is 0. The summed E-state index contributed by atoms with van der Waals surface area (Å²) < 4.78 is 31.8. The molecule has 0 heterocycles. The number of hydrogen-bond acceptors (Lipinski definition) is 5. The van der Waals surface area contributed by atoms with Gasteiger partial charge in [0.25, 0.3) is 10.0 Å². The van der Waals surface area contributed by atoms with E-state index in [-0.39, 0.29) is 16.2 Å². The van der Waals surface area contributed by atoms with Gasteiger partial charge in [-0.15, -0.1) is 0 Å². The number of sulfonamides is 1. The molecule has 0 radical (unpaired) electrons. The van der Waals surface area contributed by atoms with E-state index in [1.54, 1.807) is 30.3 Å². The van der Waals surface area contributed by atoms with Crippen LogP contribution in [-0.4, -0.2) is 33.3 Å². The van der Waals surface area contributed by atoms with Gasteiger partial charge < -0.3 is 4.74 Å². The van der Waals surface area contributed by atoms with Crippen molar-refractivity contribution in [2.75, 3.05) is 11.4 Å². The second-order valence-corrected chi connectivity index (χ2v) is 8.05. The molecule has 3 rings (SSSR count). The molecule has 2 aromatic rings. The van der Waals surface area contributed by atoms with Crippen LogP contribution in [0, 0.1) is 0 Å². The Morgan fingerprint density at radius 3 is 2.31 bits per heavy atom. The molecule has 0 bridgehead atoms. The van der Waals surface area contributed by atoms with Crippen molar-refractivity contribution < 1.29 is 22.7 Å². The summed E-state index contributed by atoms with van der Waals surface area (Å²) in [5.74, 6) is -0.687. The van der Waals surface area contributed by atoms with E-state index in [4.69, 9.17) is 4.74 Å². The predicted molar refractivity (Wildman–Crippen MR) is 96.5 cm³/mol. The third-order valence-electron chi connectivity index (χ3n) is 4.37. The summed E-state index contributed by atoms with van der Waals surface area (Å²) in [7, 11) is -2.27. The first-order chi connectivity index (χ1) is 12.4. The molecule has 0 unspecified atom stereocenters. The lowest BCUT2D eigenvalue weighted by Crippen LogP contribution is -2.26. The lowest BCUT2D eigenvalue weighted by atomic mass is 10.2. The van der Waals surface area contributed by atoms with Crippen molar-refractivity contribution in [1.29, 1.82) is 0 Å². The van der Waals surface area contributed by atoms with E-state index >= 15 is 0 Å². The summed E-state index contributed by atoms with van der Waals surface area (Å²) in [5.41, 5.74) is 0.752. The number of carbonyl (C=O) groups excluding carboxylic acids is 2. The Morgan fingerprint density at radius 1 is 1.08 bits per heavy atom. The van der Waals surface area contributed by atoms with Gasteiger partial charge in [-0.3, -0.25) is 9.10 Å². The van der Waals surface area contributed by atoms with Crippen molar-refractivity contribution in [3.8, 4) is 0 Å². The van der Waals surface area contributed by atoms with Crippen LogP contribution in [-0.2, 0) is 19.6 Å². The van der Waals surface area contributed by atoms with Gasteiger partial charge in [0.2, 0.25) is 0 Å². The summed E-state index contributed by atoms with van der Waals surface area (Å²) in [4.78, 5) is 23.8. The first-order valence-electron chi connectivity index (χ1n) is 8.27. The average molecular weight is 373 g/mol. The Bertz CT molecular complexity index is 907. The number of anilines is 1. The van der Waals surface area contributed by atoms with Crippen LogP contribution in [0.5, 0.6) is 0 Å². The third kappa shape index (κ3) is 3.62. The number of para-hydroxylation sites is 1. The molecule has 1 atom stereocenters. The van der Waals surface area contributed by atoms with Crippen LogP contribution in [0.15, 0.2) is 59.5 Å². The topological polar surface area (TPSA) is 80.8 Å². The highest BCUT2D eigenvalue weighted by Crippen LogP contribution is 2.23. The highest BCUT2D eigenvalue weighted by Gasteiger charge is 2.28. The fourth-order valence-corrected chi connectivity index (χ4v) is 4.00. The summed E-state index contributed by atoms with van der Waals surface area (Å²) in [6.45, 7) is 0. The van der Waals surface area contributed by atoms with Gasteiger partial charge in [0.1, 0.15) is 0 Å². The number of hydrogen-bond donors (Lipinski definition) is 0. The van der Waals surface area contributed by atoms with Crippen molar-refractivity contribution in [2.24, 2.45) is 0 Å². The van der Waals surface area contributed by atoms with Gasteiger partial charge >= 0.3 is 5.97 Å². The van der Waals surface area contributed by atoms with Crippen LogP contribution >= 0.6 is 0 Å². The summed E-state index contributed by atoms with van der Waals surface area (Å²) in [6.07, 6.45) is 1.01. The molecule has 0 saturated heterocycles. The van der Waals surface area contributed by atoms with Gasteiger partial charge in [0.05, 0.1) is 16.1 Å². The maximum Gasteiger partial charge on any atom is 0.338 e. The Kier molecular flexibility index (Phi) is 5.08. The van der Waals surface area contributed by atoms with E-state index in [2.05, 4.69) is 0 Å². The lowest BCUT2D eigenvalue weighted by molar-refractivity contribution is -0.124. The zero-order valence-corrected chi connectivity index (χ0v) is 15.1. The zero-order valence-electron chi connectivity index (χ0n) is 14.3. The van der Waals surface area contributed by atoms with Crippen molar-refractivity contribution in [3.63, 3.8) is 0 Å². The van der Waals surface area contributed by atoms with E-state index in [9.17, 15) is 18.0 Å². The van der Waals surface area contributed by atoms with Crippen LogP contribution in [0.2, 0.25) is 0 Å². The molecule has 1 saturated carbocycles. The van der Waals surface area contributed by atoms with E-state index in [0.29, 0.717) is 18.5 Å². The Morgan fingerprint density at radius 2 is 1.73 bits per heavy atom. The normalized spacial score (nSPS) is 17.1. The molecule has 0 N–H and O–H groups in total. The first-order valence-corrected chi connectivity index (χ1v) is 9.71. The van der Waals surface area contributed by atoms with Crippen LogP contribution in [0.25, 0.3) is 0 Å². The van der Waals surface area contributed by atoms with Crippen LogP contribution in [0.1, 0.15) is 29.6 Å². The lowest BCUT2D eigenvalue weighted by Gasteiger charge is -2.19. The maximum atomic E-state index is 12.7. The largest absolute Gasteiger partial charge is 0.451 e. The molecule has 0 amide bonds. The van der Waals surface area contributed by atoms with Gasteiger partial charge in [-0.25, -0.2) is 13.2 Å². The highest BCUT2D eigenvalue weighted by molar-refractivity contribution is 7.92. The van der Waals surface area contributed by atoms with E-state index in [0.717, 1.165) is 6.42 Å². The van der Waals surface area contributed by atoms with Crippen molar-refractivity contribution in [2.45, 2.75) is 30.3 Å². The molecule has 1 aliphatic carbocycles. The van der Waals surface area contributed by atoms with Crippen molar-refractivity contribution >= 4 is 27.5 Å². The Hall–Kier alpha value is -2.67. The first kappa shape index (κ1) is 18.1. The summed E-state index contributed by atoms with van der Waals surface area (Å²) in [6, 6.07) is 14.2. The van der Waals surface area contributed by atoms with Crippen LogP contribution in [0.4, 0.5) is 5.69 Å². The monoisotopic (exact) mass is 373 g/mol. The molecule has 1 fully saturated rings. The fraction of sp³-hybridized carbons (Fsp3) is 0.263. The molecule has 136 valence electrons. The van der Waals surface area contributed by atoms with Crippen LogP contribution < -0.4 is 4.31 Å². The zero-order chi connectivity index (χ0) is 18.7. The van der Waals surface area contributed by atoms with E-state index in [1.165, 1.54) is 35.6 Å². The number of benzene rings is 2. The average Bonchev–Trinajstić information content (AvgIpc) is 3.06. The van der Waals surface area contributed by atoms with E-state index < -0.39 is 22.1 Å². The van der Waals surface area contributed by atoms with Gasteiger partial charge in [-0.1, -0.05) is 18.2 Å². The molecular formula is C19H19NO5S. The van der Waals surface area contributed by atoms with Gasteiger partial charge in [0, 0.05) is 13.5 Å². The molecule has 0 aromatic heterocycles. The third-order valence-corrected chi connectivity index (χ3v) is 6.17. The molecular weight excluding hydrogens is 354 g/mol. The highest BCUT2D eigenvalue weighted by atomic mass is 32.2. The van der Waals surface area contributed by atoms with Crippen LogP contribution in [0.3, 0.4) is 0 Å². The minimum atomic E-state index is -3.74. The number of rotatable bonds is 5. The molecule has 6 nitrogen and oxygen atoms in total. The van der Waals surface area contributed by atoms with E-state index in [1.807, 2.05) is 0 Å². The quantitative estimate of drug-likeness (QED) is 0.753. The standard InChI is InChI=1S/C19H19NO5S/c1-20(15-6-3-2-4-7-15)26(23,24)16-12-10-14(11-13-16)19(22)25-18-9-5-8-17(18)21/h2-4,6-7,10-13,18H,5,8-9H2,1H3/t18-/m0/s1. The summed E-state index contributed by atoms with van der Waals surface area (Å²) in [5, 5.41) is 0. The second-order valence-electron chi connectivity index (χ2n) is 6.08. The number of ketones is 1. The number of ether oxygens (including phenoxy) is 1. The van der Waals surface area contributed by atoms with Gasteiger partial charge in [-0.05, 0) is 49.2 Å². The smallest absolute Gasteiger partial charge is 0.338 e. The fourth-order valence-electron chi connectivity index (χ4n) is 2.80. The molecule has 0 spiro atoms. The minimum absolute atomic E-state index is 0.0670.